The van der Waals surface area contributed by atoms with Crippen LogP contribution in [0.2, 0.25) is 0 Å². The van der Waals surface area contributed by atoms with Gasteiger partial charge in [-0.15, -0.1) is 11.3 Å². The summed E-state index contributed by atoms with van der Waals surface area (Å²) in [6, 6.07) is 10.1. The predicted octanol–water partition coefficient (Wildman–Crippen LogP) is 3.16. The molecule has 1 aliphatic carbocycles. The Morgan fingerprint density at radius 2 is 1.96 bits per heavy atom. The van der Waals surface area contributed by atoms with Gasteiger partial charge >= 0.3 is 6.03 Å². The molecule has 1 aromatic heterocycles. The molecule has 0 saturated heterocycles. The highest BCUT2D eigenvalue weighted by atomic mass is 32.1. The Kier molecular flexibility index (Phi) is 5.82. The number of benzene rings is 1. The zero-order chi connectivity index (χ0) is 16.8. The highest BCUT2D eigenvalue weighted by Gasteiger charge is 2.21. The molecule has 5 nitrogen and oxygen atoms in total. The van der Waals surface area contributed by atoms with Crippen molar-refractivity contribution >= 4 is 17.4 Å². The zero-order valence-corrected chi connectivity index (χ0v) is 14.4. The van der Waals surface area contributed by atoms with Crippen molar-refractivity contribution in [2.45, 2.75) is 38.3 Å². The maximum Gasteiger partial charge on any atom is 0.315 e. The van der Waals surface area contributed by atoms with Crippen LogP contribution in [0.15, 0.2) is 35.7 Å². The van der Waals surface area contributed by atoms with Crippen LogP contribution in [0.5, 0.6) is 0 Å². The Balaban J connectivity index is 1.44. The van der Waals surface area contributed by atoms with Gasteiger partial charge in [-0.05, 0) is 31.6 Å². The van der Waals surface area contributed by atoms with Crippen LogP contribution in [0.25, 0.3) is 10.6 Å². The Hall–Kier alpha value is -1.92. The van der Waals surface area contributed by atoms with Gasteiger partial charge in [0.25, 0.3) is 0 Å². The average molecular weight is 345 g/mol. The van der Waals surface area contributed by atoms with Crippen LogP contribution in [-0.4, -0.2) is 28.8 Å². The summed E-state index contributed by atoms with van der Waals surface area (Å²) >= 11 is 1.59. The molecule has 0 bridgehead atoms. The van der Waals surface area contributed by atoms with Gasteiger partial charge in [-0.2, -0.15) is 0 Å². The number of thiazole rings is 1. The van der Waals surface area contributed by atoms with Crippen LogP contribution in [0, 0.1) is 5.92 Å². The topological polar surface area (TPSA) is 74.2 Å². The average Bonchev–Trinajstić information content (AvgIpc) is 3.10. The van der Waals surface area contributed by atoms with E-state index in [1.807, 2.05) is 35.7 Å². The number of rotatable bonds is 5. The second-order valence-electron chi connectivity index (χ2n) is 6.24. The maximum atomic E-state index is 12.0. The molecule has 0 radical (unpaired) electrons. The van der Waals surface area contributed by atoms with Crippen molar-refractivity contribution in [3.63, 3.8) is 0 Å². The Labute approximate surface area is 146 Å². The van der Waals surface area contributed by atoms with Gasteiger partial charge in [0.15, 0.2) is 0 Å². The lowest BCUT2D eigenvalue weighted by Crippen LogP contribution is -2.43. The van der Waals surface area contributed by atoms with E-state index in [1.54, 1.807) is 11.3 Å². The lowest BCUT2D eigenvalue weighted by atomic mass is 9.87. The maximum absolute atomic E-state index is 12.0. The second-order valence-corrected chi connectivity index (χ2v) is 7.10. The fourth-order valence-corrected chi connectivity index (χ4v) is 3.82. The van der Waals surface area contributed by atoms with Crippen molar-refractivity contribution in [3.8, 4) is 10.6 Å². The number of hydrogen-bond donors (Lipinski definition) is 3. The minimum atomic E-state index is -0.142. The molecule has 6 heteroatoms. The monoisotopic (exact) mass is 345 g/mol. The molecule has 2 aromatic rings. The minimum Gasteiger partial charge on any atom is -0.396 e. The first-order valence-corrected chi connectivity index (χ1v) is 9.27. The molecule has 0 unspecified atom stereocenters. The molecule has 1 aromatic carbocycles. The molecule has 1 heterocycles. The molecular formula is C18H23N3O2S. The smallest absolute Gasteiger partial charge is 0.315 e. The van der Waals surface area contributed by atoms with Crippen LogP contribution in [-0.2, 0) is 6.54 Å². The van der Waals surface area contributed by atoms with Crippen molar-refractivity contribution in [1.29, 1.82) is 0 Å². The molecule has 3 N–H and O–H groups in total. The van der Waals surface area contributed by atoms with E-state index in [0.29, 0.717) is 12.5 Å². The number of urea groups is 1. The summed E-state index contributed by atoms with van der Waals surface area (Å²) < 4.78 is 0. The second kappa shape index (κ2) is 8.26. The van der Waals surface area contributed by atoms with Crippen LogP contribution < -0.4 is 10.6 Å². The summed E-state index contributed by atoms with van der Waals surface area (Å²) in [6.07, 6.45) is 3.84. The number of aromatic nitrogens is 1. The number of aliphatic hydroxyl groups is 1. The zero-order valence-electron chi connectivity index (χ0n) is 13.6. The number of amides is 2. The molecule has 0 aliphatic heterocycles. The van der Waals surface area contributed by atoms with Gasteiger partial charge in [-0.25, -0.2) is 9.78 Å². The summed E-state index contributed by atoms with van der Waals surface area (Å²) in [5.41, 5.74) is 1.97. The van der Waals surface area contributed by atoms with E-state index in [0.717, 1.165) is 41.9 Å². The first-order valence-electron chi connectivity index (χ1n) is 8.39. The van der Waals surface area contributed by atoms with Gasteiger partial charge in [0.2, 0.25) is 0 Å². The normalized spacial score (nSPS) is 20.5. The summed E-state index contributed by atoms with van der Waals surface area (Å²) in [5, 5.41) is 18.0. The van der Waals surface area contributed by atoms with Gasteiger partial charge in [0, 0.05) is 23.6 Å². The summed E-state index contributed by atoms with van der Waals surface area (Å²) in [7, 11) is 0. The van der Waals surface area contributed by atoms with Gasteiger partial charge in [0.1, 0.15) is 5.01 Å². The predicted molar refractivity (Wildman–Crippen MR) is 95.8 cm³/mol. The van der Waals surface area contributed by atoms with E-state index in [4.69, 9.17) is 5.11 Å². The number of carbonyl (C=O) groups excluding carboxylic acids is 1. The number of aliphatic hydroxyl groups excluding tert-OH is 1. The summed E-state index contributed by atoms with van der Waals surface area (Å²) in [4.78, 5) is 16.6. The molecule has 2 amide bonds. The Bertz CT molecular complexity index is 651. The third-order valence-corrected chi connectivity index (χ3v) is 5.38. The molecule has 1 aliphatic rings. The quantitative estimate of drug-likeness (QED) is 0.779. The highest BCUT2D eigenvalue weighted by molar-refractivity contribution is 7.13. The van der Waals surface area contributed by atoms with Crippen LogP contribution >= 0.6 is 11.3 Å². The molecular weight excluding hydrogens is 322 g/mol. The SMILES string of the molecule is O=C(NCc1csc(-c2ccccc2)n1)NC1CCC(CO)CC1. The molecule has 1 fully saturated rings. The van der Waals surface area contributed by atoms with Crippen molar-refractivity contribution in [2.75, 3.05) is 6.61 Å². The van der Waals surface area contributed by atoms with E-state index < -0.39 is 0 Å². The number of nitrogens with one attached hydrogen (secondary N) is 2. The van der Waals surface area contributed by atoms with Crippen molar-refractivity contribution in [3.05, 3.63) is 41.4 Å². The van der Waals surface area contributed by atoms with Crippen LogP contribution in [0.3, 0.4) is 0 Å². The highest BCUT2D eigenvalue weighted by Crippen LogP contribution is 2.24. The molecule has 128 valence electrons. The number of hydrogen-bond acceptors (Lipinski definition) is 4. The molecule has 0 atom stereocenters. The largest absolute Gasteiger partial charge is 0.396 e. The van der Waals surface area contributed by atoms with Crippen LogP contribution in [0.1, 0.15) is 31.4 Å². The van der Waals surface area contributed by atoms with E-state index in [1.165, 1.54) is 0 Å². The van der Waals surface area contributed by atoms with Crippen molar-refractivity contribution in [1.82, 2.24) is 15.6 Å². The first-order chi connectivity index (χ1) is 11.7. The van der Waals surface area contributed by atoms with Gasteiger partial charge < -0.3 is 15.7 Å². The lowest BCUT2D eigenvalue weighted by molar-refractivity contribution is 0.174. The summed E-state index contributed by atoms with van der Waals surface area (Å²) in [6.45, 7) is 0.688. The molecule has 24 heavy (non-hydrogen) atoms. The number of nitrogens with zero attached hydrogens (tertiary/aromatic N) is 1. The molecule has 0 spiro atoms. The Morgan fingerprint density at radius 3 is 2.67 bits per heavy atom. The third kappa shape index (κ3) is 4.55. The van der Waals surface area contributed by atoms with E-state index in [-0.39, 0.29) is 18.7 Å². The fourth-order valence-electron chi connectivity index (χ4n) is 3.00. The van der Waals surface area contributed by atoms with Gasteiger partial charge in [-0.1, -0.05) is 30.3 Å². The third-order valence-electron chi connectivity index (χ3n) is 4.44. The first kappa shape index (κ1) is 16.9. The van der Waals surface area contributed by atoms with Gasteiger partial charge in [-0.3, -0.25) is 0 Å². The minimum absolute atomic E-state index is 0.142. The van der Waals surface area contributed by atoms with Gasteiger partial charge in [0.05, 0.1) is 12.2 Å². The summed E-state index contributed by atoms with van der Waals surface area (Å²) in [5.74, 6) is 0.400. The van der Waals surface area contributed by atoms with E-state index in [2.05, 4.69) is 15.6 Å². The molecule has 3 rings (SSSR count). The Morgan fingerprint density at radius 1 is 1.21 bits per heavy atom. The van der Waals surface area contributed by atoms with Crippen LogP contribution in [0.4, 0.5) is 4.79 Å². The fraction of sp³-hybridized carbons (Fsp3) is 0.444. The number of carbonyl (C=O) groups is 1. The van der Waals surface area contributed by atoms with E-state index >= 15 is 0 Å². The standard InChI is InChI=1S/C18H23N3O2S/c22-11-13-6-8-15(9-7-13)21-18(23)19-10-16-12-24-17(20-16)14-4-2-1-3-5-14/h1-5,12-13,15,22H,6-11H2,(H2,19,21,23). The van der Waals surface area contributed by atoms with Crippen molar-refractivity contribution < 1.29 is 9.90 Å². The van der Waals surface area contributed by atoms with E-state index in [9.17, 15) is 4.79 Å². The molecule has 1 saturated carbocycles. The van der Waals surface area contributed by atoms with Crippen molar-refractivity contribution in [2.24, 2.45) is 5.92 Å². The lowest BCUT2D eigenvalue weighted by Gasteiger charge is -2.27.